The Morgan fingerprint density at radius 3 is 2.55 bits per heavy atom. The maximum Gasteiger partial charge on any atom is 0.259 e. The van der Waals surface area contributed by atoms with Crippen LogP contribution in [0.2, 0.25) is 0 Å². The van der Waals surface area contributed by atoms with Crippen LogP contribution in [0.25, 0.3) is 21.7 Å². The van der Waals surface area contributed by atoms with E-state index < -0.39 is 0 Å². The average Bonchev–Trinajstić information content (AvgIpc) is 3.40. The summed E-state index contributed by atoms with van der Waals surface area (Å²) in [4.78, 5) is 24.7. The van der Waals surface area contributed by atoms with Crippen molar-refractivity contribution in [3.8, 4) is 10.6 Å². The molecule has 158 valence electrons. The quantitative estimate of drug-likeness (QED) is 0.474. The minimum absolute atomic E-state index is 0.0209. The van der Waals surface area contributed by atoms with Gasteiger partial charge in [0.05, 0.1) is 27.2 Å². The first-order chi connectivity index (χ1) is 15.1. The fraction of sp³-hybridized carbons (Fsp3) is 0.292. The molecule has 0 spiro atoms. The molecule has 0 N–H and O–H groups in total. The highest BCUT2D eigenvalue weighted by Gasteiger charge is 2.26. The molecule has 0 unspecified atom stereocenters. The van der Waals surface area contributed by atoms with E-state index in [0.717, 1.165) is 30.2 Å². The average molecular weight is 433 g/mol. The van der Waals surface area contributed by atoms with Crippen molar-refractivity contribution in [1.29, 1.82) is 0 Å². The number of amides is 1. The Morgan fingerprint density at radius 2 is 1.84 bits per heavy atom. The van der Waals surface area contributed by atoms with Gasteiger partial charge in [-0.2, -0.15) is 0 Å². The van der Waals surface area contributed by atoms with Crippen LogP contribution >= 0.6 is 11.3 Å². The van der Waals surface area contributed by atoms with Crippen LogP contribution in [0.4, 0.5) is 0 Å². The molecule has 31 heavy (non-hydrogen) atoms. The molecule has 0 atom stereocenters. The number of fused-ring (bicyclic) bond motifs is 1. The largest absolute Gasteiger partial charge is 0.336 e. The molecule has 0 saturated carbocycles. The number of aromatic nitrogens is 2. The van der Waals surface area contributed by atoms with Gasteiger partial charge in [0.1, 0.15) is 0 Å². The summed E-state index contributed by atoms with van der Waals surface area (Å²) < 4.78 is 5.44. The van der Waals surface area contributed by atoms with Crippen LogP contribution in [-0.4, -0.2) is 52.0 Å². The van der Waals surface area contributed by atoms with Crippen LogP contribution in [0.5, 0.6) is 0 Å². The van der Waals surface area contributed by atoms with E-state index in [9.17, 15) is 4.79 Å². The van der Waals surface area contributed by atoms with Gasteiger partial charge in [0.2, 0.25) is 0 Å². The predicted octanol–water partition coefficient (Wildman–Crippen LogP) is 4.53. The molecule has 0 radical (unpaired) electrons. The highest BCUT2D eigenvalue weighted by atomic mass is 32.1. The highest BCUT2D eigenvalue weighted by Crippen LogP contribution is 2.31. The SMILES string of the molecule is Cc1ccc(-c2cc(C(=O)N3CCN(Cc4ccccc4)CC3)c3c(C)noc3n2)s1. The number of aryl methyl sites for hydroxylation is 2. The molecule has 1 aliphatic rings. The molecule has 4 heterocycles. The summed E-state index contributed by atoms with van der Waals surface area (Å²) in [5.41, 5.74) is 3.80. The normalized spacial score (nSPS) is 15.0. The fourth-order valence-electron chi connectivity index (χ4n) is 4.08. The van der Waals surface area contributed by atoms with Gasteiger partial charge < -0.3 is 9.42 Å². The topological polar surface area (TPSA) is 62.5 Å². The number of nitrogens with zero attached hydrogens (tertiary/aromatic N) is 4. The van der Waals surface area contributed by atoms with E-state index in [1.165, 1.54) is 10.4 Å². The van der Waals surface area contributed by atoms with Gasteiger partial charge in [0.25, 0.3) is 11.6 Å². The zero-order valence-electron chi connectivity index (χ0n) is 17.7. The number of hydrogen-bond donors (Lipinski definition) is 0. The van der Waals surface area contributed by atoms with Gasteiger partial charge in [-0.1, -0.05) is 35.5 Å². The number of benzene rings is 1. The van der Waals surface area contributed by atoms with Crippen molar-refractivity contribution in [2.45, 2.75) is 20.4 Å². The van der Waals surface area contributed by atoms with Crippen molar-refractivity contribution < 1.29 is 9.32 Å². The molecule has 6 nitrogen and oxygen atoms in total. The molecular formula is C24H24N4O2S. The predicted molar refractivity (Wildman–Crippen MR) is 122 cm³/mol. The minimum atomic E-state index is 0.0209. The van der Waals surface area contributed by atoms with Crippen LogP contribution in [0.1, 0.15) is 26.5 Å². The van der Waals surface area contributed by atoms with Gasteiger partial charge in [-0.25, -0.2) is 4.98 Å². The summed E-state index contributed by atoms with van der Waals surface area (Å²) in [6, 6.07) is 16.5. The van der Waals surface area contributed by atoms with Gasteiger partial charge in [-0.05, 0) is 37.6 Å². The summed E-state index contributed by atoms with van der Waals surface area (Å²) in [5.74, 6) is 0.0209. The summed E-state index contributed by atoms with van der Waals surface area (Å²) in [7, 11) is 0. The lowest BCUT2D eigenvalue weighted by atomic mass is 10.1. The number of hydrogen-bond acceptors (Lipinski definition) is 6. The third-order valence-corrected chi connectivity index (χ3v) is 6.77. The molecule has 0 aliphatic carbocycles. The first-order valence-electron chi connectivity index (χ1n) is 10.5. The van der Waals surface area contributed by atoms with Crippen LogP contribution in [0, 0.1) is 13.8 Å². The van der Waals surface area contributed by atoms with Crippen LogP contribution in [0.3, 0.4) is 0 Å². The molecule has 5 rings (SSSR count). The Morgan fingerprint density at radius 1 is 1.06 bits per heavy atom. The van der Waals surface area contributed by atoms with E-state index in [0.29, 0.717) is 35.4 Å². The van der Waals surface area contributed by atoms with E-state index in [1.807, 2.05) is 30.0 Å². The minimum Gasteiger partial charge on any atom is -0.336 e. The Balaban J connectivity index is 1.39. The van der Waals surface area contributed by atoms with Gasteiger partial charge in [0, 0.05) is 37.6 Å². The highest BCUT2D eigenvalue weighted by molar-refractivity contribution is 7.15. The Labute approximate surface area is 185 Å². The van der Waals surface area contributed by atoms with Crippen molar-refractivity contribution in [2.75, 3.05) is 26.2 Å². The third-order valence-electron chi connectivity index (χ3n) is 5.75. The lowest BCUT2D eigenvalue weighted by Crippen LogP contribution is -2.48. The Bertz CT molecular complexity index is 1220. The van der Waals surface area contributed by atoms with Gasteiger partial charge in [-0.15, -0.1) is 11.3 Å². The van der Waals surface area contributed by atoms with Gasteiger partial charge in [-0.3, -0.25) is 9.69 Å². The summed E-state index contributed by atoms with van der Waals surface area (Å²) >= 11 is 1.66. The Hall–Kier alpha value is -3.03. The first-order valence-corrected chi connectivity index (χ1v) is 11.3. The molecule has 1 amide bonds. The lowest BCUT2D eigenvalue weighted by molar-refractivity contribution is 0.0630. The van der Waals surface area contributed by atoms with Crippen molar-refractivity contribution in [2.24, 2.45) is 0 Å². The molecule has 1 aliphatic heterocycles. The lowest BCUT2D eigenvalue weighted by Gasteiger charge is -2.35. The van der Waals surface area contributed by atoms with E-state index in [1.54, 1.807) is 11.3 Å². The number of carbonyl (C=O) groups is 1. The van der Waals surface area contributed by atoms with Crippen LogP contribution < -0.4 is 0 Å². The maximum absolute atomic E-state index is 13.5. The van der Waals surface area contributed by atoms with E-state index in [2.05, 4.69) is 52.3 Å². The number of thiophene rings is 1. The standard InChI is InChI=1S/C24H24N4O2S/c1-16-8-9-21(31-16)20-14-19(22-17(2)26-30-23(22)25-20)24(29)28-12-10-27(11-13-28)15-18-6-4-3-5-7-18/h3-9,14H,10-13,15H2,1-2H3. The van der Waals surface area contributed by atoms with Gasteiger partial charge >= 0.3 is 0 Å². The summed E-state index contributed by atoms with van der Waals surface area (Å²) in [6.07, 6.45) is 0. The smallest absolute Gasteiger partial charge is 0.259 e. The molecule has 1 aromatic carbocycles. The van der Waals surface area contributed by atoms with Crippen LogP contribution in [-0.2, 0) is 6.54 Å². The van der Waals surface area contributed by atoms with Gasteiger partial charge in [0.15, 0.2) is 0 Å². The van der Waals surface area contributed by atoms with Crippen molar-refractivity contribution in [1.82, 2.24) is 19.9 Å². The molecule has 0 bridgehead atoms. The monoisotopic (exact) mass is 432 g/mol. The zero-order valence-corrected chi connectivity index (χ0v) is 18.5. The maximum atomic E-state index is 13.5. The van der Waals surface area contributed by atoms with Crippen molar-refractivity contribution in [3.05, 3.63) is 70.2 Å². The number of pyridine rings is 1. The van der Waals surface area contributed by atoms with Crippen molar-refractivity contribution >= 4 is 28.3 Å². The second-order valence-electron chi connectivity index (χ2n) is 7.97. The number of carbonyl (C=O) groups excluding carboxylic acids is 1. The zero-order chi connectivity index (χ0) is 21.4. The molecule has 1 saturated heterocycles. The number of piperazine rings is 1. The molecule has 3 aromatic heterocycles. The van der Waals surface area contributed by atoms with E-state index >= 15 is 0 Å². The second kappa shape index (κ2) is 8.24. The second-order valence-corrected chi connectivity index (χ2v) is 9.26. The third kappa shape index (κ3) is 3.98. The molecule has 1 fully saturated rings. The van der Waals surface area contributed by atoms with E-state index in [4.69, 9.17) is 4.52 Å². The van der Waals surface area contributed by atoms with Crippen molar-refractivity contribution in [3.63, 3.8) is 0 Å². The summed E-state index contributed by atoms with van der Waals surface area (Å²) in [5, 5.41) is 4.79. The van der Waals surface area contributed by atoms with Crippen LogP contribution in [0.15, 0.2) is 53.1 Å². The molecular weight excluding hydrogens is 408 g/mol. The molecule has 4 aromatic rings. The Kier molecular flexibility index (Phi) is 5.29. The summed E-state index contributed by atoms with van der Waals surface area (Å²) in [6.45, 7) is 7.95. The first kappa shape index (κ1) is 19.9. The molecule has 7 heteroatoms. The number of rotatable bonds is 4. The fourth-order valence-corrected chi connectivity index (χ4v) is 4.91. The van der Waals surface area contributed by atoms with E-state index in [-0.39, 0.29) is 5.91 Å².